The van der Waals surface area contributed by atoms with Gasteiger partial charge in [0.15, 0.2) is 18.5 Å². The first-order valence-electron chi connectivity index (χ1n) is 32.4. The van der Waals surface area contributed by atoms with Crippen LogP contribution in [0.5, 0.6) is 0 Å². The van der Waals surface area contributed by atoms with Gasteiger partial charge in [-0.25, -0.2) is 9.59 Å². The summed E-state index contributed by atoms with van der Waals surface area (Å²) >= 11 is 0. The highest BCUT2D eigenvalue weighted by atomic mass is 16.7. The van der Waals surface area contributed by atoms with Crippen molar-refractivity contribution in [2.24, 2.45) is 0 Å². The van der Waals surface area contributed by atoms with Gasteiger partial charge >= 0.3 is 17.9 Å². The van der Waals surface area contributed by atoms with Crippen LogP contribution in [0.3, 0.4) is 0 Å². The molecule has 0 spiro atoms. The van der Waals surface area contributed by atoms with Gasteiger partial charge < -0.3 is 49.4 Å². The fourth-order valence-corrected chi connectivity index (χ4v) is 10.9. The summed E-state index contributed by atoms with van der Waals surface area (Å²) in [5, 5.41) is 45.2. The normalized spacial score (nSPS) is 18.6. The number of aliphatic hydroxyl groups is 4. The number of ether oxygens (including phenoxy) is 5. The van der Waals surface area contributed by atoms with E-state index >= 15 is 0 Å². The van der Waals surface area contributed by atoms with Crippen molar-refractivity contribution < 1.29 is 63.3 Å². The maximum Gasteiger partial charge on any atom is 0.338 e. The third kappa shape index (κ3) is 32.1. The highest BCUT2D eigenvalue weighted by molar-refractivity contribution is 5.90. The van der Waals surface area contributed by atoms with Crippen LogP contribution in [-0.2, 0) is 33.3 Å². The monoisotopic (exact) mass is 1140 g/mol. The van der Waals surface area contributed by atoms with Gasteiger partial charge in [0.1, 0.15) is 30.5 Å². The first-order valence-corrected chi connectivity index (χ1v) is 32.4. The van der Waals surface area contributed by atoms with Gasteiger partial charge in [-0.3, -0.25) is 9.59 Å². The molecule has 0 bridgehead atoms. The number of nitrogens with one attached hydrogen (secondary N) is 1. The van der Waals surface area contributed by atoms with Crippen molar-refractivity contribution in [3.63, 3.8) is 0 Å². The Kier molecular flexibility index (Phi) is 40.9. The Labute approximate surface area is 488 Å². The molecule has 0 saturated carbocycles. The lowest BCUT2D eigenvalue weighted by Crippen LogP contribution is -2.61. The van der Waals surface area contributed by atoms with Crippen LogP contribution in [0, 0.1) is 0 Å². The molecule has 1 aliphatic rings. The minimum atomic E-state index is -1.79. The number of aliphatic hydroxyl groups excluding tert-OH is 4. The average Bonchev–Trinajstić information content (AvgIpc) is 3.48. The van der Waals surface area contributed by atoms with E-state index in [4.69, 9.17) is 23.7 Å². The summed E-state index contributed by atoms with van der Waals surface area (Å²) in [5.41, 5.74) is 0.452. The number of benzene rings is 2. The van der Waals surface area contributed by atoms with E-state index in [-0.39, 0.29) is 24.0 Å². The molecule has 2 aromatic rings. The summed E-state index contributed by atoms with van der Waals surface area (Å²) in [4.78, 5) is 55.3. The third-order valence-electron chi connectivity index (χ3n) is 15.9. The van der Waals surface area contributed by atoms with Crippen molar-refractivity contribution in [2.45, 2.75) is 313 Å². The topological polar surface area (TPSA) is 207 Å². The van der Waals surface area contributed by atoms with Crippen molar-refractivity contribution in [2.75, 3.05) is 13.2 Å². The lowest BCUT2D eigenvalue weighted by atomic mass is 9.97. The Morgan fingerprint density at radius 2 is 0.852 bits per heavy atom. The van der Waals surface area contributed by atoms with E-state index in [2.05, 4.69) is 19.2 Å². The standard InChI is InChI=1S/C67H111NO13/c1-4-6-8-10-12-14-16-18-19-20-21-22-23-24-25-26-28-30-32-34-36-44-50-58(78-53(3)70)64(74)68-56(52-77-67-62(73)61(72)60(71)59(51-69)80-67)63(81-66(76)55-47-41-38-42-48-55)57(79-65(75)54-45-39-37-40-46-54)49-43-35-33-31-29-27-17-15-13-11-9-7-5-2/h37-42,45-48,56-63,67,69,71-73H,4-36,43-44,49-52H2,1-3H3,(H,68,74)/t56-,57+,58+,59+,60-,61-,62+,63-,67-/m0/s1. The first-order chi connectivity index (χ1) is 39.5. The second-order valence-electron chi connectivity index (χ2n) is 23.0. The predicted molar refractivity (Wildman–Crippen MR) is 321 cm³/mol. The van der Waals surface area contributed by atoms with E-state index in [1.54, 1.807) is 60.7 Å². The Bertz CT molecular complexity index is 1870. The van der Waals surface area contributed by atoms with Crippen LogP contribution in [0.1, 0.15) is 279 Å². The maximum absolute atomic E-state index is 14.6. The molecule has 1 amide bonds. The Morgan fingerprint density at radius 1 is 0.481 bits per heavy atom. The number of hydrogen-bond acceptors (Lipinski definition) is 13. The second-order valence-corrected chi connectivity index (χ2v) is 23.0. The Hall–Kier alpha value is -3.92. The second kappa shape index (κ2) is 46.5. The lowest BCUT2D eigenvalue weighted by molar-refractivity contribution is -0.303. The molecule has 0 aliphatic carbocycles. The van der Waals surface area contributed by atoms with E-state index in [1.807, 2.05) is 0 Å². The van der Waals surface area contributed by atoms with Crippen LogP contribution in [0.15, 0.2) is 60.7 Å². The van der Waals surface area contributed by atoms with Crippen molar-refractivity contribution in [1.29, 1.82) is 0 Å². The van der Waals surface area contributed by atoms with Gasteiger partial charge in [0, 0.05) is 6.92 Å². The SMILES string of the molecule is CCCCCCCCCCCCCCCCCCCCCCCC[C@@H](OC(C)=O)C(=O)N[C@@H](CO[C@H]1O[C@H](CO)[C@H](O)[C@H](O)[C@H]1O)[C@H](OC(=O)c1ccccc1)[C@@H](CCCCCCCCCCCCCCC)OC(=O)c1ccccc1. The van der Waals surface area contributed by atoms with Crippen LogP contribution in [0.2, 0.25) is 0 Å². The molecule has 1 heterocycles. The van der Waals surface area contributed by atoms with Crippen LogP contribution < -0.4 is 5.32 Å². The van der Waals surface area contributed by atoms with Crippen LogP contribution in [0.25, 0.3) is 0 Å². The number of unbranched alkanes of at least 4 members (excludes halogenated alkanes) is 33. The largest absolute Gasteiger partial charge is 0.455 e. The number of esters is 3. The van der Waals surface area contributed by atoms with E-state index in [9.17, 15) is 39.6 Å². The molecule has 14 heteroatoms. The molecule has 81 heavy (non-hydrogen) atoms. The summed E-state index contributed by atoms with van der Waals surface area (Å²) < 4.78 is 30.1. The van der Waals surface area contributed by atoms with Gasteiger partial charge in [-0.1, -0.05) is 262 Å². The van der Waals surface area contributed by atoms with Crippen LogP contribution in [0.4, 0.5) is 0 Å². The molecule has 2 aromatic carbocycles. The average molecular weight is 1140 g/mol. The van der Waals surface area contributed by atoms with Crippen molar-refractivity contribution in [1.82, 2.24) is 5.32 Å². The molecule has 5 N–H and O–H groups in total. The maximum atomic E-state index is 14.6. The molecule has 462 valence electrons. The van der Waals surface area contributed by atoms with E-state index in [1.165, 1.54) is 167 Å². The van der Waals surface area contributed by atoms with Gasteiger partial charge in [0.2, 0.25) is 0 Å². The van der Waals surface area contributed by atoms with E-state index < -0.39 is 92.1 Å². The van der Waals surface area contributed by atoms with Crippen LogP contribution >= 0.6 is 0 Å². The molecule has 1 fully saturated rings. The summed E-state index contributed by atoms with van der Waals surface area (Å²) in [6, 6.07) is 15.3. The lowest BCUT2D eigenvalue weighted by Gasteiger charge is -2.40. The molecule has 3 rings (SSSR count). The Balaban J connectivity index is 1.70. The number of amides is 1. The van der Waals surface area contributed by atoms with E-state index in [0.29, 0.717) is 12.8 Å². The summed E-state index contributed by atoms with van der Waals surface area (Å²) in [6.45, 7) is 4.48. The highest BCUT2D eigenvalue weighted by Gasteiger charge is 2.46. The van der Waals surface area contributed by atoms with Gasteiger partial charge in [-0.05, 0) is 49.9 Å². The van der Waals surface area contributed by atoms with Gasteiger partial charge in [0.25, 0.3) is 5.91 Å². The number of carbonyl (C=O) groups excluding carboxylic acids is 4. The molecule has 14 nitrogen and oxygen atoms in total. The third-order valence-corrected chi connectivity index (χ3v) is 15.9. The zero-order valence-corrected chi connectivity index (χ0v) is 50.5. The van der Waals surface area contributed by atoms with Crippen molar-refractivity contribution >= 4 is 23.8 Å². The molecular formula is C67H111NO13. The molecule has 1 saturated heterocycles. The fourth-order valence-electron chi connectivity index (χ4n) is 10.9. The molecule has 9 atom stereocenters. The Morgan fingerprint density at radius 3 is 1.23 bits per heavy atom. The van der Waals surface area contributed by atoms with Gasteiger partial charge in [-0.15, -0.1) is 0 Å². The minimum absolute atomic E-state index is 0.194. The molecule has 0 aromatic heterocycles. The summed E-state index contributed by atoms with van der Waals surface area (Å²) in [6.07, 6.45) is 30.4. The number of hydrogen-bond donors (Lipinski definition) is 5. The molecular weight excluding hydrogens is 1030 g/mol. The zero-order chi connectivity index (χ0) is 58.6. The summed E-state index contributed by atoms with van der Waals surface area (Å²) in [5.74, 6) is -2.82. The molecule has 0 unspecified atom stereocenters. The van der Waals surface area contributed by atoms with E-state index in [0.717, 1.165) is 51.4 Å². The zero-order valence-electron chi connectivity index (χ0n) is 50.5. The van der Waals surface area contributed by atoms with Crippen molar-refractivity contribution in [3.8, 4) is 0 Å². The molecule has 0 radical (unpaired) electrons. The molecule has 1 aliphatic heterocycles. The summed E-state index contributed by atoms with van der Waals surface area (Å²) in [7, 11) is 0. The smallest absolute Gasteiger partial charge is 0.338 e. The predicted octanol–water partition coefficient (Wildman–Crippen LogP) is 14.1. The fraction of sp³-hybridized carbons (Fsp3) is 0.761. The number of rotatable bonds is 50. The highest BCUT2D eigenvalue weighted by Crippen LogP contribution is 2.26. The van der Waals surface area contributed by atoms with Gasteiger partial charge in [-0.2, -0.15) is 0 Å². The van der Waals surface area contributed by atoms with Crippen LogP contribution in [-0.4, -0.2) is 113 Å². The minimum Gasteiger partial charge on any atom is -0.455 e. The first kappa shape index (κ1) is 71.3. The quantitative estimate of drug-likeness (QED) is 0.0238. The van der Waals surface area contributed by atoms with Crippen molar-refractivity contribution in [3.05, 3.63) is 71.8 Å². The number of carbonyl (C=O) groups is 4. The van der Waals surface area contributed by atoms with Gasteiger partial charge in [0.05, 0.1) is 30.4 Å².